The van der Waals surface area contributed by atoms with Crippen molar-refractivity contribution in [1.82, 2.24) is 4.90 Å². The molecule has 0 aromatic heterocycles. The molecule has 0 aliphatic carbocycles. The maximum Gasteiger partial charge on any atom is 0.266 e. The largest absolute Gasteiger partial charge is 0.302 e. The van der Waals surface area contributed by atoms with Crippen molar-refractivity contribution in [1.29, 1.82) is 0 Å². The number of anilines is 1. The number of hydrogen-bond acceptors (Lipinski definition) is 4. The minimum atomic E-state index is -0.579. The summed E-state index contributed by atoms with van der Waals surface area (Å²) in [6.07, 6.45) is 0.576. The zero-order chi connectivity index (χ0) is 23.9. The first-order valence-corrected chi connectivity index (χ1v) is 12.3. The Labute approximate surface area is 206 Å². The summed E-state index contributed by atoms with van der Waals surface area (Å²) in [6.45, 7) is 8.34. The quantitative estimate of drug-likeness (QED) is 0.380. The van der Waals surface area contributed by atoms with E-state index in [1.54, 1.807) is 4.90 Å². The van der Waals surface area contributed by atoms with Crippen LogP contribution in [0, 0.1) is 5.82 Å². The van der Waals surface area contributed by atoms with Crippen LogP contribution in [0.2, 0.25) is 5.02 Å². The molecular weight excluding hydrogens is 479 g/mol. The molecule has 1 unspecified atom stereocenters. The van der Waals surface area contributed by atoms with Crippen molar-refractivity contribution in [2.24, 2.45) is 0 Å². The van der Waals surface area contributed by atoms with E-state index in [4.69, 9.17) is 23.8 Å². The summed E-state index contributed by atoms with van der Waals surface area (Å²) in [5.74, 6) is -1.02. The molecule has 3 heterocycles. The monoisotopic (exact) mass is 500 g/mol. The SMILES string of the molecule is CCN1C(=O)C(=C2C(=O)N3c4c2cc(F)cc4C(C)(c2ccc(Cl)cc2)CC3(C)C)SC1=S. The number of likely N-dealkylation sites (N-methyl/N-ethyl adjacent to an activating group) is 1. The van der Waals surface area contributed by atoms with Crippen LogP contribution in [0.1, 0.15) is 50.8 Å². The number of carbonyl (C=O) groups excluding carboxylic acids is 2. The molecule has 2 aromatic carbocycles. The summed E-state index contributed by atoms with van der Waals surface area (Å²) in [4.78, 5) is 30.4. The van der Waals surface area contributed by atoms with E-state index in [-0.39, 0.29) is 22.3 Å². The van der Waals surface area contributed by atoms with Gasteiger partial charge < -0.3 is 4.90 Å². The maximum atomic E-state index is 15.1. The van der Waals surface area contributed by atoms with E-state index in [9.17, 15) is 9.59 Å². The highest BCUT2D eigenvalue weighted by molar-refractivity contribution is 8.26. The molecule has 0 bridgehead atoms. The third-order valence-electron chi connectivity index (χ3n) is 6.84. The van der Waals surface area contributed by atoms with E-state index >= 15 is 4.39 Å². The predicted molar refractivity (Wildman–Crippen MR) is 135 cm³/mol. The summed E-state index contributed by atoms with van der Waals surface area (Å²) in [6, 6.07) is 10.4. The second-order valence-corrected chi connectivity index (χ2v) is 11.5. The Kier molecular flexibility index (Phi) is 5.05. The normalized spacial score (nSPS) is 25.8. The van der Waals surface area contributed by atoms with Crippen LogP contribution >= 0.6 is 35.6 Å². The van der Waals surface area contributed by atoms with E-state index in [1.807, 2.05) is 45.0 Å². The molecule has 2 aromatic rings. The van der Waals surface area contributed by atoms with E-state index in [2.05, 4.69) is 6.92 Å². The minimum Gasteiger partial charge on any atom is -0.302 e. The number of nitrogens with zero attached hydrogens (tertiary/aromatic N) is 2. The van der Waals surface area contributed by atoms with Gasteiger partial charge in [-0.2, -0.15) is 0 Å². The van der Waals surface area contributed by atoms with E-state index < -0.39 is 16.8 Å². The number of rotatable bonds is 2. The second-order valence-electron chi connectivity index (χ2n) is 9.44. The van der Waals surface area contributed by atoms with Gasteiger partial charge in [-0.1, -0.05) is 54.6 Å². The molecule has 170 valence electrons. The van der Waals surface area contributed by atoms with Crippen LogP contribution in [0.4, 0.5) is 10.1 Å². The molecule has 2 amide bonds. The molecule has 0 spiro atoms. The lowest BCUT2D eigenvalue weighted by molar-refractivity contribution is -0.122. The van der Waals surface area contributed by atoms with Gasteiger partial charge in [0, 0.05) is 28.1 Å². The van der Waals surface area contributed by atoms with Gasteiger partial charge in [-0.05, 0) is 62.6 Å². The summed E-state index contributed by atoms with van der Waals surface area (Å²) >= 11 is 12.6. The topological polar surface area (TPSA) is 40.6 Å². The number of thiocarbonyl (C=S) groups is 1. The zero-order valence-corrected chi connectivity index (χ0v) is 21.1. The third-order valence-corrected chi connectivity index (χ3v) is 8.54. The van der Waals surface area contributed by atoms with Gasteiger partial charge in [-0.15, -0.1) is 0 Å². The van der Waals surface area contributed by atoms with Crippen LogP contribution in [0.3, 0.4) is 0 Å². The zero-order valence-electron chi connectivity index (χ0n) is 18.7. The van der Waals surface area contributed by atoms with Crippen LogP contribution in [-0.2, 0) is 15.0 Å². The van der Waals surface area contributed by atoms with Gasteiger partial charge in [0.25, 0.3) is 11.8 Å². The van der Waals surface area contributed by atoms with Gasteiger partial charge in [-0.25, -0.2) is 4.39 Å². The fraction of sp³-hybridized carbons (Fsp3) is 0.320. The molecule has 0 saturated carbocycles. The molecule has 1 atom stereocenters. The van der Waals surface area contributed by atoms with Crippen LogP contribution in [0.25, 0.3) is 5.57 Å². The van der Waals surface area contributed by atoms with Crippen molar-refractivity contribution in [3.8, 4) is 0 Å². The number of halogens is 2. The average molecular weight is 501 g/mol. The summed E-state index contributed by atoms with van der Waals surface area (Å²) < 4.78 is 15.5. The fourth-order valence-corrected chi connectivity index (χ4v) is 7.10. The van der Waals surface area contributed by atoms with Crippen LogP contribution in [0.15, 0.2) is 41.3 Å². The van der Waals surface area contributed by atoms with Crippen molar-refractivity contribution in [2.45, 2.75) is 45.1 Å². The summed E-state index contributed by atoms with van der Waals surface area (Å²) in [5, 5.41) is 0.624. The lowest BCUT2D eigenvalue weighted by Crippen LogP contribution is -2.54. The molecule has 8 heteroatoms. The molecule has 3 aliphatic heterocycles. The van der Waals surface area contributed by atoms with Gasteiger partial charge in [0.15, 0.2) is 0 Å². The fourth-order valence-electron chi connectivity index (χ4n) is 5.51. The van der Waals surface area contributed by atoms with Gasteiger partial charge in [-0.3, -0.25) is 14.5 Å². The van der Waals surface area contributed by atoms with E-state index in [1.165, 1.54) is 17.0 Å². The summed E-state index contributed by atoms with van der Waals surface area (Å²) in [7, 11) is 0. The Morgan fingerprint density at radius 2 is 1.79 bits per heavy atom. The molecule has 5 rings (SSSR count). The minimum absolute atomic E-state index is 0.243. The van der Waals surface area contributed by atoms with E-state index in [0.717, 1.165) is 22.9 Å². The van der Waals surface area contributed by atoms with Crippen LogP contribution in [-0.4, -0.2) is 33.1 Å². The molecule has 0 N–H and O–H groups in total. The average Bonchev–Trinajstić information content (AvgIpc) is 3.18. The van der Waals surface area contributed by atoms with Gasteiger partial charge in [0.2, 0.25) is 0 Å². The number of carbonyl (C=O) groups is 2. The lowest BCUT2D eigenvalue weighted by atomic mass is 9.65. The Hall–Kier alpha value is -2.22. The Bertz CT molecular complexity index is 1290. The maximum absolute atomic E-state index is 15.1. The van der Waals surface area contributed by atoms with Crippen molar-refractivity contribution in [3.63, 3.8) is 0 Å². The predicted octanol–water partition coefficient (Wildman–Crippen LogP) is 5.91. The Balaban J connectivity index is 1.81. The van der Waals surface area contributed by atoms with Crippen molar-refractivity contribution in [3.05, 3.63) is 68.8 Å². The Morgan fingerprint density at radius 1 is 1.12 bits per heavy atom. The lowest BCUT2D eigenvalue weighted by Gasteiger charge is -2.49. The smallest absolute Gasteiger partial charge is 0.266 e. The number of thioether (sulfide) groups is 1. The third kappa shape index (κ3) is 3.12. The highest BCUT2D eigenvalue weighted by Crippen LogP contribution is 2.57. The van der Waals surface area contributed by atoms with Crippen molar-refractivity contribution >= 4 is 63.0 Å². The van der Waals surface area contributed by atoms with Crippen molar-refractivity contribution in [2.75, 3.05) is 11.4 Å². The summed E-state index contributed by atoms with van der Waals surface area (Å²) in [5.41, 5.74) is 1.96. The first kappa shape index (κ1) is 22.6. The molecule has 0 radical (unpaired) electrons. The first-order chi connectivity index (χ1) is 15.5. The standard InChI is InChI=1S/C25H22ClFN2O2S2/c1-5-28-22(31)20(33-23(28)32)18-16-10-15(27)11-17-19(16)29(21(18)30)24(2,3)12-25(17,4)13-6-8-14(26)9-7-13/h6-11H,5,12H2,1-4H3. The Morgan fingerprint density at radius 3 is 2.39 bits per heavy atom. The molecule has 33 heavy (non-hydrogen) atoms. The second kappa shape index (κ2) is 7.39. The van der Waals surface area contributed by atoms with Gasteiger partial charge in [0.1, 0.15) is 10.1 Å². The number of amides is 2. The van der Waals surface area contributed by atoms with Gasteiger partial charge in [0.05, 0.1) is 16.2 Å². The molecular formula is C25H22ClFN2O2S2. The van der Waals surface area contributed by atoms with Gasteiger partial charge >= 0.3 is 0 Å². The molecule has 4 nitrogen and oxygen atoms in total. The molecule has 1 fully saturated rings. The van der Waals surface area contributed by atoms with Crippen LogP contribution < -0.4 is 4.90 Å². The number of benzene rings is 2. The highest BCUT2D eigenvalue weighted by atomic mass is 35.5. The first-order valence-electron chi connectivity index (χ1n) is 10.7. The van der Waals surface area contributed by atoms with E-state index in [0.29, 0.717) is 33.6 Å². The van der Waals surface area contributed by atoms with Crippen LogP contribution in [0.5, 0.6) is 0 Å². The highest BCUT2D eigenvalue weighted by Gasteiger charge is 2.54. The van der Waals surface area contributed by atoms with Crippen molar-refractivity contribution < 1.29 is 14.0 Å². The molecule has 3 aliphatic rings. The number of hydrogen-bond donors (Lipinski definition) is 0. The molecule has 1 saturated heterocycles.